The van der Waals surface area contributed by atoms with Gasteiger partial charge >= 0.3 is 6.03 Å². The van der Waals surface area contributed by atoms with E-state index in [0.717, 1.165) is 22.3 Å². The zero-order valence-corrected chi connectivity index (χ0v) is 14.4. The third-order valence-corrected chi connectivity index (χ3v) is 4.66. The number of halogens is 1. The van der Waals surface area contributed by atoms with Gasteiger partial charge < -0.3 is 10.6 Å². The van der Waals surface area contributed by atoms with Crippen LogP contribution in [0.3, 0.4) is 0 Å². The number of nitrogens with zero attached hydrogens (tertiary/aromatic N) is 2. The van der Waals surface area contributed by atoms with Gasteiger partial charge in [-0.25, -0.2) is 4.79 Å². The highest BCUT2D eigenvalue weighted by atomic mass is 79.9. The monoisotopic (exact) mass is 395 g/mol. The highest BCUT2D eigenvalue weighted by Crippen LogP contribution is 2.41. The van der Waals surface area contributed by atoms with Crippen LogP contribution in [0.5, 0.6) is 0 Å². The summed E-state index contributed by atoms with van der Waals surface area (Å²) in [6.45, 7) is -0.129. The molecule has 1 saturated carbocycles. The van der Waals surface area contributed by atoms with Crippen molar-refractivity contribution < 1.29 is 9.59 Å². The molecule has 3 rings (SSSR count). The van der Waals surface area contributed by atoms with Crippen LogP contribution in [0.4, 0.5) is 15.6 Å². The Morgan fingerprint density at radius 2 is 1.91 bits per heavy atom. The number of nitrogens with one attached hydrogen (secondary N) is 3. The molecule has 7 nitrogen and oxygen atoms in total. The van der Waals surface area contributed by atoms with Crippen LogP contribution in [0.2, 0.25) is 0 Å². The van der Waals surface area contributed by atoms with E-state index in [2.05, 4.69) is 42.1 Å². The predicted octanol–water partition coefficient (Wildman–Crippen LogP) is 2.94. The molecule has 0 spiro atoms. The van der Waals surface area contributed by atoms with Crippen molar-refractivity contribution >= 4 is 50.0 Å². The molecule has 1 fully saturated rings. The average Bonchev–Trinajstić information content (AvgIpc) is 3.28. The maximum absolute atomic E-state index is 11.8. The van der Waals surface area contributed by atoms with Gasteiger partial charge in [-0.2, -0.15) is 0 Å². The number of carbonyl (C=O) groups is 2. The summed E-state index contributed by atoms with van der Waals surface area (Å²) in [5, 5.41) is 17.1. The number of hydrogen-bond donors (Lipinski definition) is 3. The standard InChI is InChI=1S/C14H14BrN5O2S/c15-9-3-5-10(6-4-9)17-11(21)7-16-13(22)18-14-20-19-12(23-14)8-1-2-8/h3-6,8H,1-2,7H2,(H,17,21)(H2,16,18,20,22). The number of aromatic nitrogens is 2. The van der Waals surface area contributed by atoms with Gasteiger partial charge in [0.15, 0.2) is 0 Å². The van der Waals surface area contributed by atoms with E-state index in [0.29, 0.717) is 16.7 Å². The molecule has 1 heterocycles. The van der Waals surface area contributed by atoms with Crippen LogP contribution in [-0.2, 0) is 4.79 Å². The number of hydrogen-bond acceptors (Lipinski definition) is 5. The van der Waals surface area contributed by atoms with Crippen molar-refractivity contribution in [3.8, 4) is 0 Å². The fraction of sp³-hybridized carbons (Fsp3) is 0.286. The van der Waals surface area contributed by atoms with Crippen LogP contribution in [0, 0.1) is 0 Å². The molecule has 0 bridgehead atoms. The Hall–Kier alpha value is -2.00. The van der Waals surface area contributed by atoms with Gasteiger partial charge in [0.1, 0.15) is 5.01 Å². The number of anilines is 2. The fourth-order valence-electron chi connectivity index (χ4n) is 1.82. The second-order valence-electron chi connectivity index (χ2n) is 5.08. The molecule has 3 N–H and O–H groups in total. The van der Waals surface area contributed by atoms with Crippen LogP contribution in [0.1, 0.15) is 23.8 Å². The normalized spacial score (nSPS) is 13.4. The Balaban J connectivity index is 1.42. The molecular weight excluding hydrogens is 382 g/mol. The van der Waals surface area contributed by atoms with Gasteiger partial charge in [-0.3, -0.25) is 10.1 Å². The van der Waals surface area contributed by atoms with E-state index < -0.39 is 6.03 Å². The zero-order chi connectivity index (χ0) is 16.2. The van der Waals surface area contributed by atoms with Gasteiger partial charge in [-0.1, -0.05) is 27.3 Å². The summed E-state index contributed by atoms with van der Waals surface area (Å²) < 4.78 is 0.927. The molecule has 0 radical (unpaired) electrons. The van der Waals surface area contributed by atoms with Gasteiger partial charge in [-0.15, -0.1) is 10.2 Å². The third kappa shape index (κ3) is 4.73. The lowest BCUT2D eigenvalue weighted by molar-refractivity contribution is -0.115. The maximum atomic E-state index is 11.8. The lowest BCUT2D eigenvalue weighted by Gasteiger charge is -2.07. The van der Waals surface area contributed by atoms with E-state index in [4.69, 9.17) is 0 Å². The highest BCUT2D eigenvalue weighted by molar-refractivity contribution is 9.10. The largest absolute Gasteiger partial charge is 0.329 e. The number of benzene rings is 1. The van der Waals surface area contributed by atoms with E-state index in [9.17, 15) is 9.59 Å². The van der Waals surface area contributed by atoms with Crippen LogP contribution in [0.15, 0.2) is 28.7 Å². The molecule has 1 aliphatic rings. The average molecular weight is 396 g/mol. The summed E-state index contributed by atoms with van der Waals surface area (Å²) >= 11 is 4.69. The van der Waals surface area contributed by atoms with Gasteiger partial charge in [-0.05, 0) is 37.1 Å². The molecule has 0 unspecified atom stereocenters. The molecule has 0 aliphatic heterocycles. The molecule has 23 heavy (non-hydrogen) atoms. The SMILES string of the molecule is O=C(CNC(=O)Nc1nnc(C2CC2)s1)Nc1ccc(Br)cc1. The first-order chi connectivity index (χ1) is 11.1. The summed E-state index contributed by atoms with van der Waals surface area (Å²) in [5.41, 5.74) is 0.665. The molecular formula is C14H14BrN5O2S. The zero-order valence-electron chi connectivity index (χ0n) is 12.0. The van der Waals surface area contributed by atoms with Crippen LogP contribution < -0.4 is 16.0 Å². The van der Waals surface area contributed by atoms with Crippen LogP contribution >= 0.6 is 27.3 Å². The Kier molecular flexibility index (Phi) is 4.87. The topological polar surface area (TPSA) is 96.0 Å². The molecule has 3 amide bonds. The van der Waals surface area contributed by atoms with Crippen molar-refractivity contribution in [2.75, 3.05) is 17.2 Å². The molecule has 120 valence electrons. The van der Waals surface area contributed by atoms with Crippen molar-refractivity contribution in [3.05, 3.63) is 33.7 Å². The van der Waals surface area contributed by atoms with E-state index >= 15 is 0 Å². The third-order valence-electron chi connectivity index (χ3n) is 3.13. The first-order valence-electron chi connectivity index (χ1n) is 7.04. The van der Waals surface area contributed by atoms with Gasteiger partial charge in [0.2, 0.25) is 11.0 Å². The Labute approximate surface area is 145 Å². The quantitative estimate of drug-likeness (QED) is 0.724. The molecule has 0 atom stereocenters. The van der Waals surface area contributed by atoms with Crippen LogP contribution in [0.25, 0.3) is 0 Å². The van der Waals surface area contributed by atoms with E-state index in [-0.39, 0.29) is 12.5 Å². The number of rotatable bonds is 5. The molecule has 1 aliphatic carbocycles. The lowest BCUT2D eigenvalue weighted by Crippen LogP contribution is -2.35. The highest BCUT2D eigenvalue weighted by Gasteiger charge is 2.27. The summed E-state index contributed by atoms with van der Waals surface area (Å²) in [4.78, 5) is 23.5. The summed E-state index contributed by atoms with van der Waals surface area (Å²) in [6, 6.07) is 6.70. The lowest BCUT2D eigenvalue weighted by atomic mass is 10.3. The van der Waals surface area contributed by atoms with E-state index in [1.807, 2.05) is 12.1 Å². The molecule has 1 aromatic heterocycles. The number of urea groups is 1. The van der Waals surface area contributed by atoms with Crippen molar-refractivity contribution in [1.29, 1.82) is 0 Å². The molecule has 2 aromatic rings. The van der Waals surface area contributed by atoms with E-state index in [1.54, 1.807) is 12.1 Å². The first-order valence-corrected chi connectivity index (χ1v) is 8.65. The minimum atomic E-state index is -0.477. The van der Waals surface area contributed by atoms with Crippen molar-refractivity contribution in [2.24, 2.45) is 0 Å². The van der Waals surface area contributed by atoms with E-state index in [1.165, 1.54) is 11.3 Å². The molecule has 0 saturated heterocycles. The Morgan fingerprint density at radius 1 is 1.17 bits per heavy atom. The summed E-state index contributed by atoms with van der Waals surface area (Å²) in [5.74, 6) is 0.196. The fourth-order valence-corrected chi connectivity index (χ4v) is 2.99. The molecule has 9 heteroatoms. The molecule has 1 aromatic carbocycles. The minimum absolute atomic E-state index is 0.129. The number of carbonyl (C=O) groups excluding carboxylic acids is 2. The Bertz CT molecular complexity index is 714. The minimum Gasteiger partial charge on any atom is -0.329 e. The van der Waals surface area contributed by atoms with Gasteiger partial charge in [0.25, 0.3) is 0 Å². The van der Waals surface area contributed by atoms with Gasteiger partial charge in [0, 0.05) is 16.1 Å². The van der Waals surface area contributed by atoms with Crippen molar-refractivity contribution in [3.63, 3.8) is 0 Å². The maximum Gasteiger partial charge on any atom is 0.321 e. The summed E-state index contributed by atoms with van der Waals surface area (Å²) in [7, 11) is 0. The van der Waals surface area contributed by atoms with Gasteiger partial charge in [0.05, 0.1) is 6.54 Å². The smallest absolute Gasteiger partial charge is 0.321 e. The van der Waals surface area contributed by atoms with Crippen molar-refractivity contribution in [2.45, 2.75) is 18.8 Å². The summed E-state index contributed by atoms with van der Waals surface area (Å²) in [6.07, 6.45) is 2.27. The first kappa shape index (κ1) is 15.9. The number of amides is 3. The van der Waals surface area contributed by atoms with Crippen LogP contribution in [-0.4, -0.2) is 28.7 Å². The van der Waals surface area contributed by atoms with Crippen molar-refractivity contribution in [1.82, 2.24) is 15.5 Å². The Morgan fingerprint density at radius 3 is 2.61 bits per heavy atom. The second-order valence-corrected chi connectivity index (χ2v) is 7.01. The predicted molar refractivity (Wildman–Crippen MR) is 91.7 cm³/mol. The second kappa shape index (κ2) is 7.05.